The molecule has 0 radical (unpaired) electrons. The van der Waals surface area contributed by atoms with E-state index in [4.69, 9.17) is 4.74 Å². The first-order valence-corrected chi connectivity index (χ1v) is 7.89. The summed E-state index contributed by atoms with van der Waals surface area (Å²) in [4.78, 5) is 10.5. The summed E-state index contributed by atoms with van der Waals surface area (Å²) >= 11 is 0. The number of nitrogens with zero attached hydrogens (tertiary/aromatic N) is 4. The molecule has 0 spiro atoms. The molecule has 2 rings (SSSR count). The molecule has 0 atom stereocenters. The highest BCUT2D eigenvalue weighted by Crippen LogP contribution is 2.26. The van der Waals surface area contributed by atoms with Gasteiger partial charge in [-0.3, -0.25) is 10.1 Å². The average Bonchev–Trinajstić information content (AvgIpc) is 2.64. The van der Waals surface area contributed by atoms with Crippen molar-refractivity contribution in [2.75, 3.05) is 12.4 Å². The second-order valence-corrected chi connectivity index (χ2v) is 5.27. The minimum absolute atomic E-state index is 0.0280. The van der Waals surface area contributed by atoms with E-state index in [0.717, 1.165) is 11.3 Å². The molecule has 0 fully saturated rings. The second kappa shape index (κ2) is 8.06. The number of benzene rings is 1. The van der Waals surface area contributed by atoms with E-state index in [0.29, 0.717) is 35.5 Å². The number of nitro groups is 1. The van der Waals surface area contributed by atoms with Crippen molar-refractivity contribution in [2.24, 2.45) is 0 Å². The Kier molecular flexibility index (Phi) is 5.84. The molecule has 1 aromatic carbocycles. The number of ether oxygens (including phenoxy) is 1. The molecule has 0 aliphatic carbocycles. The van der Waals surface area contributed by atoms with Gasteiger partial charge in [0, 0.05) is 24.2 Å². The Labute approximate surface area is 145 Å². The summed E-state index contributed by atoms with van der Waals surface area (Å²) in [5.41, 5.74) is 2.70. The molecule has 0 saturated carbocycles. The van der Waals surface area contributed by atoms with Crippen LogP contribution in [0.25, 0.3) is 0 Å². The zero-order valence-corrected chi connectivity index (χ0v) is 14.4. The minimum atomic E-state index is -0.464. The standard InChI is InChI=1S/C17H19N5O3/c1-4-13-14(9-18)17(21-20-15(13)5-2)19-10-11-8-12(22(23)24)6-7-16(11)25-3/h6-8H,4-5,10H2,1-3H3,(H,19,21). The first kappa shape index (κ1) is 18.1. The van der Waals surface area contributed by atoms with Crippen molar-refractivity contribution in [3.63, 3.8) is 0 Å². The number of rotatable bonds is 7. The van der Waals surface area contributed by atoms with Crippen LogP contribution in [0.4, 0.5) is 11.5 Å². The van der Waals surface area contributed by atoms with Gasteiger partial charge >= 0.3 is 0 Å². The molecule has 1 heterocycles. The lowest BCUT2D eigenvalue weighted by molar-refractivity contribution is -0.384. The van der Waals surface area contributed by atoms with E-state index < -0.39 is 4.92 Å². The van der Waals surface area contributed by atoms with Gasteiger partial charge in [0.1, 0.15) is 17.4 Å². The predicted molar refractivity (Wildman–Crippen MR) is 92.5 cm³/mol. The van der Waals surface area contributed by atoms with Gasteiger partial charge in [0.15, 0.2) is 5.82 Å². The summed E-state index contributed by atoms with van der Waals surface area (Å²) in [6.45, 7) is 4.15. The molecule has 0 bridgehead atoms. The molecule has 0 aliphatic heterocycles. The summed E-state index contributed by atoms with van der Waals surface area (Å²) in [7, 11) is 1.50. The minimum Gasteiger partial charge on any atom is -0.496 e. The smallest absolute Gasteiger partial charge is 0.270 e. The molecular formula is C17H19N5O3. The molecule has 8 nitrogen and oxygen atoms in total. The Morgan fingerprint density at radius 3 is 2.64 bits per heavy atom. The number of aromatic nitrogens is 2. The van der Waals surface area contributed by atoms with Crippen LogP contribution in [-0.4, -0.2) is 22.2 Å². The van der Waals surface area contributed by atoms with Crippen molar-refractivity contribution in [1.29, 1.82) is 5.26 Å². The van der Waals surface area contributed by atoms with E-state index in [-0.39, 0.29) is 12.2 Å². The van der Waals surface area contributed by atoms with Crippen LogP contribution in [0.1, 0.15) is 36.2 Å². The topological polar surface area (TPSA) is 114 Å². The molecular weight excluding hydrogens is 322 g/mol. The monoisotopic (exact) mass is 341 g/mol. The van der Waals surface area contributed by atoms with Crippen LogP contribution in [0.5, 0.6) is 5.75 Å². The summed E-state index contributed by atoms with van der Waals surface area (Å²) < 4.78 is 5.24. The zero-order valence-electron chi connectivity index (χ0n) is 14.4. The predicted octanol–water partition coefficient (Wildman–Crippen LogP) is 3.00. The van der Waals surface area contributed by atoms with E-state index >= 15 is 0 Å². The summed E-state index contributed by atoms with van der Waals surface area (Å²) in [5, 5.41) is 31.8. The number of nitrogens with one attached hydrogen (secondary N) is 1. The third-order valence-corrected chi connectivity index (χ3v) is 3.88. The van der Waals surface area contributed by atoms with Gasteiger partial charge in [-0.15, -0.1) is 5.10 Å². The SMILES string of the molecule is CCc1nnc(NCc2cc([N+](=O)[O-])ccc2OC)c(C#N)c1CC. The quantitative estimate of drug-likeness (QED) is 0.608. The summed E-state index contributed by atoms with van der Waals surface area (Å²) in [5.74, 6) is 0.885. The van der Waals surface area contributed by atoms with Gasteiger partial charge in [-0.25, -0.2) is 0 Å². The zero-order chi connectivity index (χ0) is 18.4. The molecule has 0 amide bonds. The molecule has 130 valence electrons. The normalized spacial score (nSPS) is 10.2. The lowest BCUT2D eigenvalue weighted by Gasteiger charge is -2.13. The lowest BCUT2D eigenvalue weighted by Crippen LogP contribution is -2.10. The maximum atomic E-state index is 11.0. The van der Waals surface area contributed by atoms with E-state index in [2.05, 4.69) is 21.6 Å². The number of methoxy groups -OCH3 is 1. The van der Waals surface area contributed by atoms with E-state index in [1.54, 1.807) is 6.07 Å². The molecule has 8 heteroatoms. The number of non-ortho nitro benzene ring substituents is 1. The van der Waals surface area contributed by atoms with Gasteiger partial charge in [0.25, 0.3) is 5.69 Å². The van der Waals surface area contributed by atoms with Crippen LogP contribution in [0.2, 0.25) is 0 Å². The van der Waals surface area contributed by atoms with Gasteiger partial charge in [-0.2, -0.15) is 10.4 Å². The first-order chi connectivity index (χ1) is 12.0. The number of hydrogen-bond donors (Lipinski definition) is 1. The molecule has 1 N–H and O–H groups in total. The second-order valence-electron chi connectivity index (χ2n) is 5.27. The van der Waals surface area contributed by atoms with Crippen LogP contribution in [0, 0.1) is 21.4 Å². The van der Waals surface area contributed by atoms with E-state index in [9.17, 15) is 15.4 Å². The van der Waals surface area contributed by atoms with Crippen LogP contribution >= 0.6 is 0 Å². The number of aryl methyl sites for hydroxylation is 1. The third kappa shape index (κ3) is 3.83. The highest BCUT2D eigenvalue weighted by atomic mass is 16.6. The number of nitro benzene ring substituents is 1. The Balaban J connectivity index is 2.35. The third-order valence-electron chi connectivity index (χ3n) is 3.88. The summed E-state index contributed by atoms with van der Waals surface area (Å²) in [6.07, 6.45) is 1.38. The Morgan fingerprint density at radius 1 is 1.32 bits per heavy atom. The van der Waals surface area contributed by atoms with Gasteiger partial charge in [-0.05, 0) is 24.5 Å². The summed E-state index contributed by atoms with van der Waals surface area (Å²) in [6, 6.07) is 6.55. The van der Waals surface area contributed by atoms with Gasteiger partial charge in [-0.1, -0.05) is 13.8 Å². The molecule has 1 aromatic heterocycles. The van der Waals surface area contributed by atoms with Crippen molar-refractivity contribution in [3.05, 3.63) is 50.7 Å². The molecule has 0 aliphatic rings. The molecule has 0 saturated heterocycles. The van der Waals surface area contributed by atoms with Gasteiger partial charge in [0.2, 0.25) is 0 Å². The van der Waals surface area contributed by atoms with Crippen molar-refractivity contribution >= 4 is 11.5 Å². The average molecular weight is 341 g/mol. The van der Waals surface area contributed by atoms with Crippen LogP contribution < -0.4 is 10.1 Å². The number of anilines is 1. The fraction of sp³-hybridized carbons (Fsp3) is 0.353. The Hall–Kier alpha value is -3.21. The Bertz CT molecular complexity index is 830. The van der Waals surface area contributed by atoms with Crippen LogP contribution in [0.15, 0.2) is 18.2 Å². The van der Waals surface area contributed by atoms with Crippen LogP contribution in [-0.2, 0) is 19.4 Å². The number of nitriles is 1. The maximum absolute atomic E-state index is 11.0. The van der Waals surface area contributed by atoms with E-state index in [1.165, 1.54) is 19.2 Å². The van der Waals surface area contributed by atoms with Gasteiger partial charge < -0.3 is 10.1 Å². The van der Waals surface area contributed by atoms with Crippen molar-refractivity contribution in [3.8, 4) is 11.8 Å². The largest absolute Gasteiger partial charge is 0.496 e. The lowest BCUT2D eigenvalue weighted by atomic mass is 10.0. The van der Waals surface area contributed by atoms with Crippen LogP contribution in [0.3, 0.4) is 0 Å². The van der Waals surface area contributed by atoms with Crippen molar-refractivity contribution < 1.29 is 9.66 Å². The highest BCUT2D eigenvalue weighted by molar-refractivity contribution is 5.57. The number of hydrogen-bond acceptors (Lipinski definition) is 7. The molecule has 0 unspecified atom stereocenters. The van der Waals surface area contributed by atoms with E-state index in [1.807, 2.05) is 13.8 Å². The fourth-order valence-corrected chi connectivity index (χ4v) is 2.61. The van der Waals surface area contributed by atoms with Crippen molar-refractivity contribution in [1.82, 2.24) is 10.2 Å². The van der Waals surface area contributed by atoms with Crippen molar-refractivity contribution in [2.45, 2.75) is 33.2 Å². The van der Waals surface area contributed by atoms with Gasteiger partial charge in [0.05, 0.1) is 17.7 Å². The highest BCUT2D eigenvalue weighted by Gasteiger charge is 2.16. The Morgan fingerprint density at radius 2 is 2.08 bits per heavy atom. The molecule has 2 aromatic rings. The maximum Gasteiger partial charge on any atom is 0.270 e. The fourth-order valence-electron chi connectivity index (χ4n) is 2.61. The first-order valence-electron chi connectivity index (χ1n) is 7.89. The molecule has 25 heavy (non-hydrogen) atoms.